The smallest absolute Gasteiger partial charge is 0.159 e. The summed E-state index contributed by atoms with van der Waals surface area (Å²) in [5.41, 5.74) is 1.41. The standard InChI is InChI=1S/C9H9NO/c1-3-9-6-8(7(2)11)4-5-10-9/h3-6H,1H2,2H3. The van der Waals surface area contributed by atoms with Crippen molar-refractivity contribution in [1.82, 2.24) is 4.98 Å². The van der Waals surface area contributed by atoms with Crippen molar-refractivity contribution in [3.8, 4) is 0 Å². The van der Waals surface area contributed by atoms with Crippen molar-refractivity contribution in [3.63, 3.8) is 0 Å². The van der Waals surface area contributed by atoms with Crippen molar-refractivity contribution in [2.24, 2.45) is 0 Å². The van der Waals surface area contributed by atoms with E-state index in [1.807, 2.05) is 0 Å². The lowest BCUT2D eigenvalue weighted by atomic mass is 10.2. The van der Waals surface area contributed by atoms with E-state index >= 15 is 0 Å². The molecule has 0 spiro atoms. The maximum Gasteiger partial charge on any atom is 0.159 e. The zero-order valence-electron chi connectivity index (χ0n) is 6.37. The molecular formula is C9H9NO. The second-order valence-electron chi connectivity index (χ2n) is 2.23. The highest BCUT2D eigenvalue weighted by Gasteiger charge is 1.97. The van der Waals surface area contributed by atoms with E-state index in [4.69, 9.17) is 0 Å². The lowest BCUT2D eigenvalue weighted by Gasteiger charge is -1.95. The third-order valence-electron chi connectivity index (χ3n) is 1.40. The summed E-state index contributed by atoms with van der Waals surface area (Å²) in [5, 5.41) is 0. The van der Waals surface area contributed by atoms with Gasteiger partial charge in [0.15, 0.2) is 5.78 Å². The number of carbonyl (C=O) groups is 1. The minimum absolute atomic E-state index is 0.0514. The largest absolute Gasteiger partial charge is 0.295 e. The molecule has 0 aromatic carbocycles. The summed E-state index contributed by atoms with van der Waals surface area (Å²) in [7, 11) is 0. The molecule has 0 bridgehead atoms. The Labute approximate surface area is 65.6 Å². The van der Waals surface area contributed by atoms with Gasteiger partial charge in [-0.05, 0) is 25.1 Å². The zero-order valence-corrected chi connectivity index (χ0v) is 6.37. The van der Waals surface area contributed by atoms with Crippen LogP contribution in [-0.4, -0.2) is 10.8 Å². The second-order valence-corrected chi connectivity index (χ2v) is 2.23. The van der Waals surface area contributed by atoms with E-state index in [1.54, 1.807) is 24.4 Å². The summed E-state index contributed by atoms with van der Waals surface area (Å²) in [6, 6.07) is 3.41. The Morgan fingerprint density at radius 3 is 3.00 bits per heavy atom. The van der Waals surface area contributed by atoms with Crippen molar-refractivity contribution in [3.05, 3.63) is 36.2 Å². The van der Waals surface area contributed by atoms with Crippen molar-refractivity contribution < 1.29 is 4.79 Å². The highest BCUT2D eigenvalue weighted by molar-refractivity contribution is 5.94. The van der Waals surface area contributed by atoms with Gasteiger partial charge in [0.1, 0.15) is 0 Å². The zero-order chi connectivity index (χ0) is 8.27. The maximum absolute atomic E-state index is 10.9. The van der Waals surface area contributed by atoms with Crippen LogP contribution in [0.5, 0.6) is 0 Å². The van der Waals surface area contributed by atoms with Gasteiger partial charge in [-0.2, -0.15) is 0 Å². The Bertz CT molecular complexity index is 291. The first-order chi connectivity index (χ1) is 5.24. The minimum atomic E-state index is 0.0514. The van der Waals surface area contributed by atoms with E-state index in [0.717, 1.165) is 5.69 Å². The number of ketones is 1. The fraction of sp³-hybridized carbons (Fsp3) is 0.111. The van der Waals surface area contributed by atoms with Gasteiger partial charge in [-0.3, -0.25) is 9.78 Å². The number of Topliss-reactive ketones (excluding diaryl/α,β-unsaturated/α-hetero) is 1. The highest BCUT2D eigenvalue weighted by Crippen LogP contribution is 2.02. The molecule has 0 amide bonds. The Balaban J connectivity index is 3.10. The summed E-state index contributed by atoms with van der Waals surface area (Å²) in [6.45, 7) is 5.09. The average Bonchev–Trinajstić information content (AvgIpc) is 2.05. The molecule has 1 heterocycles. The molecule has 0 N–H and O–H groups in total. The molecule has 1 aromatic heterocycles. The fourth-order valence-corrected chi connectivity index (χ4v) is 0.779. The van der Waals surface area contributed by atoms with Crippen molar-refractivity contribution >= 4 is 11.9 Å². The van der Waals surface area contributed by atoms with Gasteiger partial charge in [0, 0.05) is 11.8 Å². The number of hydrogen-bond acceptors (Lipinski definition) is 2. The topological polar surface area (TPSA) is 30.0 Å². The van der Waals surface area contributed by atoms with Gasteiger partial charge in [0.25, 0.3) is 0 Å². The molecule has 11 heavy (non-hydrogen) atoms. The number of aromatic nitrogens is 1. The monoisotopic (exact) mass is 147 g/mol. The predicted molar refractivity (Wildman–Crippen MR) is 44.3 cm³/mol. The van der Waals surface area contributed by atoms with Crippen LogP contribution in [0.4, 0.5) is 0 Å². The lowest BCUT2D eigenvalue weighted by molar-refractivity contribution is 0.101. The number of rotatable bonds is 2. The van der Waals surface area contributed by atoms with Gasteiger partial charge in [-0.15, -0.1) is 0 Å². The molecule has 1 aromatic rings. The molecule has 0 aliphatic rings. The number of hydrogen-bond donors (Lipinski definition) is 0. The first-order valence-corrected chi connectivity index (χ1v) is 3.33. The van der Waals surface area contributed by atoms with E-state index in [-0.39, 0.29) is 5.78 Å². The molecule has 0 fully saturated rings. The molecule has 0 atom stereocenters. The minimum Gasteiger partial charge on any atom is -0.295 e. The van der Waals surface area contributed by atoms with Crippen LogP contribution < -0.4 is 0 Å². The Morgan fingerprint density at radius 2 is 2.45 bits per heavy atom. The highest BCUT2D eigenvalue weighted by atomic mass is 16.1. The van der Waals surface area contributed by atoms with E-state index < -0.39 is 0 Å². The van der Waals surface area contributed by atoms with Gasteiger partial charge in [0.2, 0.25) is 0 Å². The van der Waals surface area contributed by atoms with Crippen molar-refractivity contribution in [2.45, 2.75) is 6.92 Å². The Morgan fingerprint density at radius 1 is 1.73 bits per heavy atom. The van der Waals surface area contributed by atoms with Crippen LogP contribution >= 0.6 is 0 Å². The molecule has 2 heteroatoms. The maximum atomic E-state index is 10.9. The van der Waals surface area contributed by atoms with Crippen LogP contribution in [0.1, 0.15) is 23.0 Å². The van der Waals surface area contributed by atoms with Gasteiger partial charge >= 0.3 is 0 Å². The van der Waals surface area contributed by atoms with Crippen molar-refractivity contribution in [2.75, 3.05) is 0 Å². The normalized spacial score (nSPS) is 9.18. The average molecular weight is 147 g/mol. The SMILES string of the molecule is C=Cc1cc(C(C)=O)ccn1. The quantitative estimate of drug-likeness (QED) is 0.598. The first-order valence-electron chi connectivity index (χ1n) is 3.33. The van der Waals surface area contributed by atoms with E-state index in [1.165, 1.54) is 6.92 Å². The Kier molecular flexibility index (Phi) is 2.16. The lowest BCUT2D eigenvalue weighted by Crippen LogP contribution is -1.92. The number of nitrogens with zero attached hydrogens (tertiary/aromatic N) is 1. The molecule has 0 saturated heterocycles. The molecule has 0 aliphatic heterocycles. The van der Waals surface area contributed by atoms with Gasteiger partial charge in [0.05, 0.1) is 5.69 Å². The summed E-state index contributed by atoms with van der Waals surface area (Å²) in [6.07, 6.45) is 3.22. The molecule has 2 nitrogen and oxygen atoms in total. The van der Waals surface area contributed by atoms with Crippen LogP contribution in [0, 0.1) is 0 Å². The number of carbonyl (C=O) groups excluding carboxylic acids is 1. The van der Waals surface area contributed by atoms with Crippen LogP contribution in [0.2, 0.25) is 0 Å². The van der Waals surface area contributed by atoms with E-state index in [9.17, 15) is 4.79 Å². The molecular weight excluding hydrogens is 138 g/mol. The Hall–Kier alpha value is -1.44. The first kappa shape index (κ1) is 7.66. The summed E-state index contributed by atoms with van der Waals surface area (Å²) in [5.74, 6) is 0.0514. The third-order valence-corrected chi connectivity index (χ3v) is 1.40. The second kappa shape index (κ2) is 3.10. The number of pyridine rings is 1. The summed E-state index contributed by atoms with van der Waals surface area (Å²) >= 11 is 0. The fourth-order valence-electron chi connectivity index (χ4n) is 0.779. The van der Waals surface area contributed by atoms with Gasteiger partial charge in [-0.25, -0.2) is 0 Å². The third kappa shape index (κ3) is 1.74. The van der Waals surface area contributed by atoms with Gasteiger partial charge < -0.3 is 0 Å². The van der Waals surface area contributed by atoms with Crippen LogP contribution in [-0.2, 0) is 0 Å². The van der Waals surface area contributed by atoms with E-state index in [0.29, 0.717) is 5.56 Å². The van der Waals surface area contributed by atoms with Gasteiger partial charge in [-0.1, -0.05) is 6.58 Å². The molecule has 1 rings (SSSR count). The van der Waals surface area contributed by atoms with Crippen LogP contribution in [0.3, 0.4) is 0 Å². The van der Waals surface area contributed by atoms with Crippen LogP contribution in [0.25, 0.3) is 6.08 Å². The predicted octanol–water partition coefficient (Wildman–Crippen LogP) is 1.93. The summed E-state index contributed by atoms with van der Waals surface area (Å²) < 4.78 is 0. The van der Waals surface area contributed by atoms with Crippen LogP contribution in [0.15, 0.2) is 24.9 Å². The summed E-state index contributed by atoms with van der Waals surface area (Å²) in [4.78, 5) is 14.8. The molecule has 0 saturated carbocycles. The molecule has 56 valence electrons. The van der Waals surface area contributed by atoms with Crippen molar-refractivity contribution in [1.29, 1.82) is 0 Å². The molecule has 0 aliphatic carbocycles. The molecule has 0 unspecified atom stereocenters. The van der Waals surface area contributed by atoms with E-state index in [2.05, 4.69) is 11.6 Å². The molecule has 0 radical (unpaired) electrons.